The minimum atomic E-state index is 0.0856. The fourth-order valence-corrected chi connectivity index (χ4v) is 1.34. The van der Waals surface area contributed by atoms with Gasteiger partial charge in [-0.1, -0.05) is 5.57 Å². The van der Waals surface area contributed by atoms with E-state index in [1.54, 1.807) is 0 Å². The third-order valence-electron chi connectivity index (χ3n) is 1.93. The summed E-state index contributed by atoms with van der Waals surface area (Å²) in [5, 5.41) is 0. The van der Waals surface area contributed by atoms with Gasteiger partial charge >= 0.3 is 0 Å². The first-order chi connectivity index (χ1) is 5.61. The van der Waals surface area contributed by atoms with E-state index >= 15 is 0 Å². The lowest BCUT2D eigenvalue weighted by atomic mass is 10.1. The molecule has 1 aromatic heterocycles. The molecule has 0 aromatic carbocycles. The Labute approximate surface area is 73.7 Å². The molecule has 0 aliphatic rings. The molecule has 12 heavy (non-hydrogen) atoms. The lowest BCUT2D eigenvalue weighted by molar-refractivity contribution is 0.653. The quantitative estimate of drug-likeness (QED) is 0.680. The van der Waals surface area contributed by atoms with Gasteiger partial charge in [-0.3, -0.25) is 0 Å². The molecule has 66 valence electrons. The maximum absolute atomic E-state index is 5.96. The molecule has 1 aromatic rings. The average Bonchev–Trinajstić information content (AvgIpc) is 2.33. The first-order valence-corrected chi connectivity index (χ1v) is 4.12. The van der Waals surface area contributed by atoms with Crippen molar-refractivity contribution >= 4 is 0 Å². The Morgan fingerprint density at radius 3 is 2.83 bits per heavy atom. The summed E-state index contributed by atoms with van der Waals surface area (Å²) in [5.74, 6) is 0. The lowest BCUT2D eigenvalue weighted by Gasteiger charge is -2.12. The molecule has 0 saturated heterocycles. The predicted molar refractivity (Wildman–Crippen MR) is 51.8 cm³/mol. The summed E-state index contributed by atoms with van der Waals surface area (Å²) in [6.07, 6.45) is 2.87. The molecule has 2 N–H and O–H groups in total. The maximum Gasteiger partial charge on any atom is 0.0487 e. The number of nitrogens with two attached hydrogens (primary N) is 1. The first kappa shape index (κ1) is 9.07. The molecule has 2 heteroatoms. The number of rotatable bonds is 3. The second kappa shape index (κ2) is 3.59. The van der Waals surface area contributed by atoms with E-state index in [0.717, 1.165) is 17.7 Å². The van der Waals surface area contributed by atoms with Crippen LogP contribution in [0.4, 0.5) is 0 Å². The molecule has 0 aliphatic heterocycles. The number of aryl methyl sites for hydroxylation is 1. The van der Waals surface area contributed by atoms with Crippen molar-refractivity contribution in [1.82, 2.24) is 4.57 Å². The van der Waals surface area contributed by atoms with E-state index in [2.05, 4.69) is 6.58 Å². The van der Waals surface area contributed by atoms with Crippen LogP contribution in [0.15, 0.2) is 30.5 Å². The molecular formula is C10H16N2. The zero-order valence-electron chi connectivity index (χ0n) is 7.75. The van der Waals surface area contributed by atoms with E-state index in [9.17, 15) is 0 Å². The van der Waals surface area contributed by atoms with Crippen molar-refractivity contribution < 1.29 is 0 Å². The zero-order valence-corrected chi connectivity index (χ0v) is 7.75. The van der Waals surface area contributed by atoms with Crippen LogP contribution >= 0.6 is 0 Å². The minimum absolute atomic E-state index is 0.0856. The van der Waals surface area contributed by atoms with Gasteiger partial charge in [-0.05, 0) is 25.5 Å². The van der Waals surface area contributed by atoms with Crippen molar-refractivity contribution in [3.05, 3.63) is 36.2 Å². The van der Waals surface area contributed by atoms with E-state index in [-0.39, 0.29) is 6.04 Å². The molecule has 0 saturated carbocycles. The molecule has 1 rings (SSSR count). The molecule has 0 unspecified atom stereocenters. The van der Waals surface area contributed by atoms with Crippen LogP contribution < -0.4 is 5.73 Å². The van der Waals surface area contributed by atoms with Crippen LogP contribution in [0.5, 0.6) is 0 Å². The van der Waals surface area contributed by atoms with Gasteiger partial charge in [0.25, 0.3) is 0 Å². The van der Waals surface area contributed by atoms with E-state index in [1.165, 1.54) is 0 Å². The van der Waals surface area contributed by atoms with Crippen LogP contribution in [0.2, 0.25) is 0 Å². The van der Waals surface area contributed by atoms with Crippen molar-refractivity contribution in [3.63, 3.8) is 0 Å². The smallest absolute Gasteiger partial charge is 0.0487 e. The average molecular weight is 164 g/mol. The second-order valence-electron chi connectivity index (χ2n) is 3.31. The molecule has 0 amide bonds. The Balaban J connectivity index is 2.71. The Hall–Kier alpha value is -1.02. The van der Waals surface area contributed by atoms with Gasteiger partial charge in [0, 0.05) is 25.0 Å². The largest absolute Gasteiger partial charge is 0.353 e. The van der Waals surface area contributed by atoms with Crippen molar-refractivity contribution in [3.8, 4) is 0 Å². The fraction of sp³-hybridized carbons (Fsp3) is 0.400. The third-order valence-corrected chi connectivity index (χ3v) is 1.93. The first-order valence-electron chi connectivity index (χ1n) is 4.12. The summed E-state index contributed by atoms with van der Waals surface area (Å²) < 4.78 is 2.05. The standard InChI is InChI=1S/C10H16N2/c1-8(2)7-9(11)10-5-4-6-12(10)3/h4-6,9H,1,7,11H2,2-3H3/t9-/m1/s1. The highest BCUT2D eigenvalue weighted by atomic mass is 14.9. The molecule has 0 spiro atoms. The summed E-state index contributed by atoms with van der Waals surface area (Å²) >= 11 is 0. The van der Waals surface area contributed by atoms with Crippen LogP contribution in [0.3, 0.4) is 0 Å². The molecule has 1 atom stereocenters. The van der Waals surface area contributed by atoms with Gasteiger partial charge in [0.1, 0.15) is 0 Å². The predicted octanol–water partition coefficient (Wildman–Crippen LogP) is 1.99. The Bertz CT molecular complexity index is 273. The van der Waals surface area contributed by atoms with Crippen LogP contribution in [0, 0.1) is 0 Å². The summed E-state index contributed by atoms with van der Waals surface area (Å²) in [5.41, 5.74) is 8.25. The molecule has 0 bridgehead atoms. The van der Waals surface area contributed by atoms with Crippen LogP contribution in [0.1, 0.15) is 25.1 Å². The lowest BCUT2D eigenvalue weighted by Crippen LogP contribution is -2.13. The van der Waals surface area contributed by atoms with Gasteiger partial charge in [0.2, 0.25) is 0 Å². The SMILES string of the molecule is C=C(C)C[C@@H](N)c1cccn1C. The summed E-state index contributed by atoms with van der Waals surface area (Å²) in [6, 6.07) is 4.14. The monoisotopic (exact) mass is 164 g/mol. The minimum Gasteiger partial charge on any atom is -0.353 e. The normalized spacial score (nSPS) is 12.9. The van der Waals surface area contributed by atoms with E-state index < -0.39 is 0 Å². The van der Waals surface area contributed by atoms with E-state index in [0.29, 0.717) is 0 Å². The van der Waals surface area contributed by atoms with Crippen molar-refractivity contribution in [1.29, 1.82) is 0 Å². The highest BCUT2D eigenvalue weighted by molar-refractivity contribution is 5.13. The maximum atomic E-state index is 5.96. The van der Waals surface area contributed by atoms with E-state index in [4.69, 9.17) is 5.73 Å². The van der Waals surface area contributed by atoms with Gasteiger partial charge in [-0.2, -0.15) is 0 Å². The Morgan fingerprint density at radius 1 is 1.75 bits per heavy atom. The second-order valence-corrected chi connectivity index (χ2v) is 3.31. The number of hydrogen-bond acceptors (Lipinski definition) is 1. The van der Waals surface area contributed by atoms with Gasteiger partial charge in [0.15, 0.2) is 0 Å². The third kappa shape index (κ3) is 1.98. The van der Waals surface area contributed by atoms with Crippen molar-refractivity contribution in [2.45, 2.75) is 19.4 Å². The zero-order chi connectivity index (χ0) is 9.14. The van der Waals surface area contributed by atoms with Crippen LogP contribution in [0.25, 0.3) is 0 Å². The van der Waals surface area contributed by atoms with Gasteiger partial charge in [-0.25, -0.2) is 0 Å². The molecule has 2 nitrogen and oxygen atoms in total. The van der Waals surface area contributed by atoms with Crippen LogP contribution in [-0.2, 0) is 7.05 Å². The summed E-state index contributed by atoms with van der Waals surface area (Å²) in [7, 11) is 2.01. The number of aromatic nitrogens is 1. The van der Waals surface area contributed by atoms with Gasteiger partial charge in [0.05, 0.1) is 0 Å². The highest BCUT2D eigenvalue weighted by Crippen LogP contribution is 2.16. The van der Waals surface area contributed by atoms with Gasteiger partial charge in [-0.15, -0.1) is 6.58 Å². The summed E-state index contributed by atoms with van der Waals surface area (Å²) in [4.78, 5) is 0. The van der Waals surface area contributed by atoms with Crippen molar-refractivity contribution in [2.75, 3.05) is 0 Å². The Morgan fingerprint density at radius 2 is 2.42 bits per heavy atom. The highest BCUT2D eigenvalue weighted by Gasteiger charge is 2.07. The fourth-order valence-electron chi connectivity index (χ4n) is 1.34. The number of nitrogens with zero attached hydrogens (tertiary/aromatic N) is 1. The Kier molecular flexibility index (Phi) is 2.71. The molecular weight excluding hydrogens is 148 g/mol. The molecule has 0 fully saturated rings. The molecule has 0 radical (unpaired) electrons. The van der Waals surface area contributed by atoms with Gasteiger partial charge < -0.3 is 10.3 Å². The molecule has 1 heterocycles. The van der Waals surface area contributed by atoms with Crippen molar-refractivity contribution in [2.24, 2.45) is 12.8 Å². The van der Waals surface area contributed by atoms with Crippen LogP contribution in [-0.4, -0.2) is 4.57 Å². The molecule has 0 aliphatic carbocycles. The van der Waals surface area contributed by atoms with E-state index in [1.807, 2.05) is 36.9 Å². The summed E-state index contributed by atoms with van der Waals surface area (Å²) in [6.45, 7) is 5.85. The number of hydrogen-bond donors (Lipinski definition) is 1. The topological polar surface area (TPSA) is 30.9 Å².